The molecule has 0 saturated heterocycles. The van der Waals surface area contributed by atoms with Gasteiger partial charge in [0.15, 0.2) is 0 Å². The van der Waals surface area contributed by atoms with Crippen molar-refractivity contribution < 1.29 is 19.2 Å². The van der Waals surface area contributed by atoms with Gasteiger partial charge in [-0.25, -0.2) is 0 Å². The molecule has 1 aromatic carbocycles. The molecule has 0 bridgehead atoms. The average Bonchev–Trinajstić information content (AvgIpc) is 2.79. The number of carbonyl (C=O) groups is 4. The van der Waals surface area contributed by atoms with Crippen LogP contribution in [-0.2, 0) is 9.59 Å². The third-order valence-electron chi connectivity index (χ3n) is 3.39. The number of fused-ring (bicyclic) bond motifs is 1. The molecule has 4 amide bonds. The molecule has 23 heavy (non-hydrogen) atoms. The van der Waals surface area contributed by atoms with Crippen molar-refractivity contribution in [2.45, 2.75) is 13.0 Å². The number of amides is 4. The van der Waals surface area contributed by atoms with Gasteiger partial charge in [0.1, 0.15) is 6.04 Å². The molecule has 1 aliphatic rings. The van der Waals surface area contributed by atoms with Crippen molar-refractivity contribution in [1.29, 1.82) is 0 Å². The van der Waals surface area contributed by atoms with Gasteiger partial charge in [0.25, 0.3) is 11.8 Å². The van der Waals surface area contributed by atoms with Crippen LogP contribution in [0, 0.1) is 0 Å². The van der Waals surface area contributed by atoms with Crippen molar-refractivity contribution in [3.05, 3.63) is 35.4 Å². The molecule has 0 fully saturated rings. The number of nitrogens with zero attached hydrogens (tertiary/aromatic N) is 1. The normalized spacial score (nSPS) is 14.4. The van der Waals surface area contributed by atoms with Crippen LogP contribution in [0.4, 0.5) is 0 Å². The van der Waals surface area contributed by atoms with Crippen molar-refractivity contribution in [2.24, 2.45) is 0 Å². The first-order chi connectivity index (χ1) is 11.0. The van der Waals surface area contributed by atoms with E-state index in [-0.39, 0.29) is 11.7 Å². The van der Waals surface area contributed by atoms with E-state index in [1.165, 1.54) is 25.7 Å². The summed E-state index contributed by atoms with van der Waals surface area (Å²) < 4.78 is 0. The Morgan fingerprint density at radius 1 is 1.17 bits per heavy atom. The summed E-state index contributed by atoms with van der Waals surface area (Å²) in [7, 11) is 1.45. The predicted molar refractivity (Wildman–Crippen MR) is 85.9 cm³/mol. The lowest BCUT2D eigenvalue weighted by Gasteiger charge is -2.24. The third-order valence-corrected chi connectivity index (χ3v) is 4.29. The number of thioether (sulfide) groups is 1. The number of imide groups is 1. The van der Waals surface area contributed by atoms with Crippen LogP contribution in [0.25, 0.3) is 0 Å². The maximum Gasteiger partial charge on any atom is 0.262 e. The first-order valence-electron chi connectivity index (χ1n) is 6.98. The summed E-state index contributed by atoms with van der Waals surface area (Å²) >= 11 is 1.26. The highest BCUT2D eigenvalue weighted by Crippen LogP contribution is 2.25. The monoisotopic (exact) mass is 335 g/mol. The topological polar surface area (TPSA) is 95.6 Å². The highest BCUT2D eigenvalue weighted by molar-refractivity contribution is 7.99. The smallest absolute Gasteiger partial charge is 0.262 e. The lowest BCUT2D eigenvalue weighted by atomic mass is 10.1. The van der Waals surface area contributed by atoms with Gasteiger partial charge in [-0.05, 0) is 12.1 Å². The number of hydrogen-bond donors (Lipinski definition) is 2. The highest BCUT2D eigenvalue weighted by atomic mass is 32.2. The fourth-order valence-corrected chi connectivity index (χ4v) is 3.20. The molecule has 1 aliphatic heterocycles. The Morgan fingerprint density at radius 3 is 2.22 bits per heavy atom. The molecule has 0 radical (unpaired) electrons. The molecule has 0 aliphatic carbocycles. The predicted octanol–water partition coefficient (Wildman–Crippen LogP) is 0.224. The van der Waals surface area contributed by atoms with Crippen molar-refractivity contribution in [2.75, 3.05) is 18.7 Å². The molecule has 1 unspecified atom stereocenters. The number of nitrogens with one attached hydrogen (secondary N) is 2. The average molecular weight is 335 g/mol. The highest BCUT2D eigenvalue weighted by Gasteiger charge is 2.42. The summed E-state index contributed by atoms with van der Waals surface area (Å²) in [4.78, 5) is 48.9. The zero-order valence-electron chi connectivity index (χ0n) is 12.8. The molecular weight excluding hydrogens is 318 g/mol. The van der Waals surface area contributed by atoms with Gasteiger partial charge in [-0.3, -0.25) is 24.1 Å². The maximum atomic E-state index is 12.5. The van der Waals surface area contributed by atoms with Gasteiger partial charge >= 0.3 is 0 Å². The molecule has 0 aromatic heterocycles. The summed E-state index contributed by atoms with van der Waals surface area (Å²) in [5, 5.41) is 5.07. The Bertz CT molecular complexity index is 627. The Morgan fingerprint density at radius 2 is 1.74 bits per heavy atom. The van der Waals surface area contributed by atoms with E-state index in [0.29, 0.717) is 17.0 Å². The zero-order valence-corrected chi connectivity index (χ0v) is 13.6. The Hall–Kier alpha value is -2.35. The van der Waals surface area contributed by atoms with Crippen molar-refractivity contribution >= 4 is 35.4 Å². The number of likely N-dealkylation sites (N-methyl/N-ethyl adjacent to an activating group) is 1. The lowest BCUT2D eigenvalue weighted by Crippen LogP contribution is -2.50. The van der Waals surface area contributed by atoms with Crippen LogP contribution in [0.5, 0.6) is 0 Å². The van der Waals surface area contributed by atoms with Crippen LogP contribution < -0.4 is 10.6 Å². The van der Waals surface area contributed by atoms with Crippen LogP contribution in [0.3, 0.4) is 0 Å². The maximum absolute atomic E-state index is 12.5. The summed E-state index contributed by atoms with van der Waals surface area (Å²) in [6.45, 7) is 1.39. The minimum atomic E-state index is -0.925. The van der Waals surface area contributed by atoms with Crippen LogP contribution in [0.2, 0.25) is 0 Å². The Balaban J connectivity index is 2.17. The van der Waals surface area contributed by atoms with E-state index < -0.39 is 23.8 Å². The molecule has 1 aromatic rings. The molecule has 8 heteroatoms. The van der Waals surface area contributed by atoms with Gasteiger partial charge in [0.05, 0.1) is 17.0 Å². The van der Waals surface area contributed by atoms with Gasteiger partial charge in [-0.2, -0.15) is 0 Å². The van der Waals surface area contributed by atoms with E-state index in [1.54, 1.807) is 24.3 Å². The lowest BCUT2D eigenvalue weighted by molar-refractivity contribution is -0.123. The standard InChI is InChI=1S/C15H17N3O4S/c1-9(19)17-8-23-7-12(13(20)16-2)18-14(21)10-5-3-4-6-11(10)15(18)22/h3-6,12H,7-8H2,1-2H3,(H,16,20)(H,17,19). The number of hydrogen-bond acceptors (Lipinski definition) is 5. The Kier molecular flexibility index (Phi) is 5.38. The first kappa shape index (κ1) is 17.0. The third kappa shape index (κ3) is 3.53. The summed E-state index contributed by atoms with van der Waals surface area (Å²) in [6.07, 6.45) is 0. The SMILES string of the molecule is CNC(=O)C(CSCNC(C)=O)N1C(=O)c2ccccc2C1=O. The number of carbonyl (C=O) groups excluding carboxylic acids is 4. The fraction of sp³-hybridized carbons (Fsp3) is 0.333. The fourth-order valence-electron chi connectivity index (χ4n) is 2.25. The van der Waals surface area contributed by atoms with E-state index in [1.807, 2.05) is 0 Å². The summed E-state index contributed by atoms with van der Waals surface area (Å²) in [5.74, 6) is -1.06. The molecule has 7 nitrogen and oxygen atoms in total. The van der Waals surface area contributed by atoms with Crippen molar-refractivity contribution in [1.82, 2.24) is 15.5 Å². The van der Waals surface area contributed by atoms with E-state index in [2.05, 4.69) is 10.6 Å². The quantitative estimate of drug-likeness (QED) is 0.441. The van der Waals surface area contributed by atoms with Crippen LogP contribution in [0.15, 0.2) is 24.3 Å². The molecule has 1 heterocycles. The second kappa shape index (κ2) is 7.28. The first-order valence-corrected chi connectivity index (χ1v) is 8.13. The summed E-state index contributed by atoms with van der Waals surface area (Å²) in [5.41, 5.74) is 0.608. The molecule has 0 spiro atoms. The van der Waals surface area contributed by atoms with Crippen molar-refractivity contribution in [3.8, 4) is 0 Å². The van der Waals surface area contributed by atoms with Gasteiger partial charge in [-0.15, -0.1) is 11.8 Å². The zero-order chi connectivity index (χ0) is 17.0. The molecule has 1 atom stereocenters. The molecular formula is C15H17N3O4S. The number of benzene rings is 1. The summed E-state index contributed by atoms with van der Waals surface area (Å²) in [6, 6.07) is 5.56. The minimum absolute atomic E-state index is 0.185. The van der Waals surface area contributed by atoms with E-state index >= 15 is 0 Å². The van der Waals surface area contributed by atoms with Crippen LogP contribution >= 0.6 is 11.8 Å². The second-order valence-electron chi connectivity index (χ2n) is 4.90. The van der Waals surface area contributed by atoms with Gasteiger partial charge in [0, 0.05) is 19.7 Å². The molecule has 122 valence electrons. The van der Waals surface area contributed by atoms with Gasteiger partial charge in [0.2, 0.25) is 11.8 Å². The molecule has 0 saturated carbocycles. The van der Waals surface area contributed by atoms with Gasteiger partial charge in [-0.1, -0.05) is 12.1 Å². The minimum Gasteiger partial charge on any atom is -0.357 e. The number of rotatable bonds is 6. The van der Waals surface area contributed by atoms with E-state index in [9.17, 15) is 19.2 Å². The molecule has 2 N–H and O–H groups in total. The van der Waals surface area contributed by atoms with E-state index in [0.717, 1.165) is 4.90 Å². The largest absolute Gasteiger partial charge is 0.357 e. The van der Waals surface area contributed by atoms with Gasteiger partial charge < -0.3 is 10.6 Å². The Labute approximate surface area is 137 Å². The second-order valence-corrected chi connectivity index (χ2v) is 5.93. The molecule has 2 rings (SSSR count). The van der Waals surface area contributed by atoms with Crippen LogP contribution in [-0.4, -0.2) is 53.2 Å². The van der Waals surface area contributed by atoms with Crippen molar-refractivity contribution in [3.63, 3.8) is 0 Å². The van der Waals surface area contributed by atoms with E-state index in [4.69, 9.17) is 0 Å². The van der Waals surface area contributed by atoms with Crippen LogP contribution in [0.1, 0.15) is 27.6 Å².